The maximum absolute atomic E-state index is 12.0. The third-order valence-corrected chi connectivity index (χ3v) is 6.80. The Kier molecular flexibility index (Phi) is 4.32. The van der Waals surface area contributed by atoms with Crippen molar-refractivity contribution in [1.29, 1.82) is 0 Å². The largest absolute Gasteiger partial charge is 0.305 e. The summed E-state index contributed by atoms with van der Waals surface area (Å²) in [7, 11) is -2.97. The molecule has 0 radical (unpaired) electrons. The first-order chi connectivity index (χ1) is 8.88. The number of aromatic nitrogens is 1. The normalized spacial score (nSPS) is 26.5. The number of aryl methyl sites for hydroxylation is 2. The van der Waals surface area contributed by atoms with Gasteiger partial charge in [0.05, 0.1) is 22.7 Å². The van der Waals surface area contributed by atoms with Crippen LogP contribution in [0.3, 0.4) is 0 Å². The van der Waals surface area contributed by atoms with Crippen molar-refractivity contribution in [1.82, 2.24) is 10.3 Å². The van der Waals surface area contributed by atoms with Crippen LogP contribution < -0.4 is 5.32 Å². The minimum Gasteiger partial charge on any atom is -0.305 e. The first kappa shape index (κ1) is 14.9. The fourth-order valence-electron chi connectivity index (χ4n) is 2.54. The molecule has 1 saturated heterocycles. The molecular weight excluding hydrogens is 280 g/mol. The van der Waals surface area contributed by atoms with Crippen LogP contribution in [0.5, 0.6) is 0 Å². The van der Waals surface area contributed by atoms with E-state index in [0.29, 0.717) is 5.75 Å². The van der Waals surface area contributed by atoms with Gasteiger partial charge in [-0.05, 0) is 39.7 Å². The SMILES string of the molecule is CCCNC1(c2nc(C)c(C)s2)CCCS(=O)(=O)C1. The molecule has 108 valence electrons. The van der Waals surface area contributed by atoms with Crippen LogP contribution in [0, 0.1) is 13.8 Å². The second-order valence-corrected chi connectivity index (χ2v) is 8.75. The molecule has 6 heteroatoms. The molecule has 0 bridgehead atoms. The summed E-state index contributed by atoms with van der Waals surface area (Å²) in [6.45, 7) is 6.95. The van der Waals surface area contributed by atoms with Crippen molar-refractivity contribution in [2.75, 3.05) is 18.1 Å². The fraction of sp³-hybridized carbons (Fsp3) is 0.769. The van der Waals surface area contributed by atoms with Crippen LogP contribution in [0.4, 0.5) is 0 Å². The number of nitrogens with zero attached hydrogens (tertiary/aromatic N) is 1. The topological polar surface area (TPSA) is 59.1 Å². The predicted octanol–water partition coefficient (Wildman–Crippen LogP) is 2.16. The Morgan fingerprint density at radius 3 is 2.68 bits per heavy atom. The molecule has 1 atom stereocenters. The first-order valence-electron chi connectivity index (χ1n) is 6.78. The number of nitrogens with one attached hydrogen (secondary N) is 1. The molecule has 0 aromatic carbocycles. The Hall–Kier alpha value is -0.460. The Morgan fingerprint density at radius 1 is 1.42 bits per heavy atom. The molecule has 1 fully saturated rings. The van der Waals surface area contributed by atoms with Crippen molar-refractivity contribution in [2.24, 2.45) is 0 Å². The van der Waals surface area contributed by atoms with E-state index in [1.54, 1.807) is 11.3 Å². The van der Waals surface area contributed by atoms with E-state index in [1.165, 1.54) is 4.88 Å². The molecule has 2 rings (SSSR count). The highest BCUT2D eigenvalue weighted by molar-refractivity contribution is 7.91. The quantitative estimate of drug-likeness (QED) is 0.926. The van der Waals surface area contributed by atoms with Crippen molar-refractivity contribution in [2.45, 2.75) is 45.6 Å². The van der Waals surface area contributed by atoms with Crippen molar-refractivity contribution < 1.29 is 8.42 Å². The van der Waals surface area contributed by atoms with Gasteiger partial charge >= 0.3 is 0 Å². The highest BCUT2D eigenvalue weighted by Crippen LogP contribution is 2.36. The summed E-state index contributed by atoms with van der Waals surface area (Å²) in [4.78, 5) is 5.79. The number of thiazole rings is 1. The molecule has 1 N–H and O–H groups in total. The van der Waals surface area contributed by atoms with Gasteiger partial charge in [-0.1, -0.05) is 6.92 Å². The van der Waals surface area contributed by atoms with Gasteiger partial charge in [-0.15, -0.1) is 11.3 Å². The van der Waals surface area contributed by atoms with Crippen LogP contribution in [0.2, 0.25) is 0 Å². The second-order valence-electron chi connectivity index (χ2n) is 5.37. The zero-order chi connectivity index (χ0) is 14.1. The third kappa shape index (κ3) is 3.17. The molecule has 19 heavy (non-hydrogen) atoms. The smallest absolute Gasteiger partial charge is 0.152 e. The molecule has 1 aliphatic heterocycles. The van der Waals surface area contributed by atoms with Crippen molar-refractivity contribution in [3.63, 3.8) is 0 Å². The lowest BCUT2D eigenvalue weighted by atomic mass is 9.96. The minimum atomic E-state index is -2.97. The van der Waals surface area contributed by atoms with E-state index < -0.39 is 15.4 Å². The van der Waals surface area contributed by atoms with Gasteiger partial charge < -0.3 is 5.32 Å². The van der Waals surface area contributed by atoms with Gasteiger partial charge in [0.1, 0.15) is 5.01 Å². The van der Waals surface area contributed by atoms with Gasteiger partial charge in [0, 0.05) is 4.88 Å². The standard InChI is InChI=1S/C13H22N2O2S2/c1-4-7-14-13(6-5-8-19(16,17)9-13)12-15-10(2)11(3)18-12/h14H,4-9H2,1-3H3. The van der Waals surface area contributed by atoms with E-state index in [9.17, 15) is 8.42 Å². The van der Waals surface area contributed by atoms with E-state index in [-0.39, 0.29) is 5.75 Å². The molecule has 4 nitrogen and oxygen atoms in total. The molecule has 0 aliphatic carbocycles. The van der Waals surface area contributed by atoms with Crippen LogP contribution in [-0.2, 0) is 15.4 Å². The molecule has 2 heterocycles. The maximum atomic E-state index is 12.0. The predicted molar refractivity (Wildman–Crippen MR) is 79.4 cm³/mol. The van der Waals surface area contributed by atoms with E-state index >= 15 is 0 Å². The van der Waals surface area contributed by atoms with E-state index in [1.807, 2.05) is 13.8 Å². The lowest BCUT2D eigenvalue weighted by Crippen LogP contribution is -2.51. The lowest BCUT2D eigenvalue weighted by Gasteiger charge is -2.36. The van der Waals surface area contributed by atoms with Crippen molar-refractivity contribution in [3.05, 3.63) is 15.6 Å². The van der Waals surface area contributed by atoms with Gasteiger partial charge in [-0.2, -0.15) is 0 Å². The molecule has 1 unspecified atom stereocenters. The lowest BCUT2D eigenvalue weighted by molar-refractivity contribution is 0.326. The molecule has 1 aliphatic rings. The Balaban J connectivity index is 2.39. The molecule has 1 aromatic rings. The van der Waals surface area contributed by atoms with E-state index in [4.69, 9.17) is 0 Å². The maximum Gasteiger partial charge on any atom is 0.152 e. The molecule has 0 amide bonds. The molecule has 0 saturated carbocycles. The first-order valence-corrected chi connectivity index (χ1v) is 9.42. The fourth-order valence-corrected chi connectivity index (χ4v) is 5.60. The van der Waals surface area contributed by atoms with Crippen LogP contribution in [0.15, 0.2) is 0 Å². The molecule has 1 aromatic heterocycles. The van der Waals surface area contributed by atoms with Gasteiger partial charge in [0.2, 0.25) is 0 Å². The van der Waals surface area contributed by atoms with Gasteiger partial charge in [0.15, 0.2) is 9.84 Å². The summed E-state index contributed by atoms with van der Waals surface area (Å²) in [6, 6.07) is 0. The number of rotatable bonds is 4. The average molecular weight is 302 g/mol. The van der Waals surface area contributed by atoms with Gasteiger partial charge in [-0.25, -0.2) is 13.4 Å². The summed E-state index contributed by atoms with van der Waals surface area (Å²) in [5.74, 6) is 0.498. The van der Waals surface area contributed by atoms with Crippen LogP contribution in [-0.4, -0.2) is 31.5 Å². The summed E-state index contributed by atoms with van der Waals surface area (Å²) >= 11 is 1.63. The minimum absolute atomic E-state index is 0.187. The Labute approximate surface area is 119 Å². The second kappa shape index (κ2) is 5.50. The summed E-state index contributed by atoms with van der Waals surface area (Å²) in [5.41, 5.74) is 0.553. The highest BCUT2D eigenvalue weighted by Gasteiger charge is 2.42. The summed E-state index contributed by atoms with van der Waals surface area (Å²) < 4.78 is 24.1. The highest BCUT2D eigenvalue weighted by atomic mass is 32.2. The monoisotopic (exact) mass is 302 g/mol. The zero-order valence-corrected chi connectivity index (χ0v) is 13.5. The number of hydrogen-bond donors (Lipinski definition) is 1. The molecular formula is C13H22N2O2S2. The Bertz CT molecular complexity index is 531. The average Bonchev–Trinajstić information content (AvgIpc) is 2.66. The van der Waals surface area contributed by atoms with Crippen molar-refractivity contribution >= 4 is 21.2 Å². The van der Waals surface area contributed by atoms with Gasteiger partial charge in [0.25, 0.3) is 0 Å². The van der Waals surface area contributed by atoms with E-state index in [2.05, 4.69) is 17.2 Å². The number of sulfone groups is 1. The molecule has 0 spiro atoms. The summed E-state index contributed by atoms with van der Waals surface area (Å²) in [5, 5.41) is 4.41. The Morgan fingerprint density at radius 2 is 2.16 bits per heavy atom. The van der Waals surface area contributed by atoms with Crippen molar-refractivity contribution in [3.8, 4) is 0 Å². The van der Waals surface area contributed by atoms with Crippen LogP contribution in [0.25, 0.3) is 0 Å². The summed E-state index contributed by atoms with van der Waals surface area (Å²) in [6.07, 6.45) is 2.57. The number of hydrogen-bond acceptors (Lipinski definition) is 5. The third-order valence-electron chi connectivity index (χ3n) is 3.68. The van der Waals surface area contributed by atoms with Gasteiger partial charge in [-0.3, -0.25) is 0 Å². The zero-order valence-electron chi connectivity index (χ0n) is 11.8. The van der Waals surface area contributed by atoms with E-state index in [0.717, 1.165) is 36.5 Å². The van der Waals surface area contributed by atoms with Crippen LogP contribution in [0.1, 0.15) is 41.8 Å². The van der Waals surface area contributed by atoms with Crippen LogP contribution >= 0.6 is 11.3 Å².